The molecule has 168 valence electrons. The number of anilines is 1. The van der Waals surface area contributed by atoms with Gasteiger partial charge in [0, 0.05) is 43.7 Å². The van der Waals surface area contributed by atoms with Crippen molar-refractivity contribution in [2.45, 2.75) is 45.1 Å². The molecule has 8 heteroatoms. The molecule has 4 rings (SSSR count). The normalized spacial score (nSPS) is 20.6. The highest BCUT2D eigenvalue weighted by Gasteiger charge is 2.27. The van der Waals surface area contributed by atoms with Crippen molar-refractivity contribution in [1.82, 2.24) is 20.4 Å². The highest BCUT2D eigenvalue weighted by molar-refractivity contribution is 5.78. The average molecular weight is 428 g/mol. The van der Waals surface area contributed by atoms with Crippen LogP contribution < -0.4 is 15.0 Å². The summed E-state index contributed by atoms with van der Waals surface area (Å²) >= 11 is 0. The first kappa shape index (κ1) is 21.6. The molecule has 1 aromatic heterocycles. The summed E-state index contributed by atoms with van der Waals surface area (Å²) in [5.74, 6) is 1.51. The molecule has 0 radical (unpaired) electrons. The predicted octanol–water partition coefficient (Wildman–Crippen LogP) is 2.95. The third kappa shape index (κ3) is 5.36. The summed E-state index contributed by atoms with van der Waals surface area (Å²) in [4.78, 5) is 17.2. The first-order valence-electron chi connectivity index (χ1n) is 11.4. The molecule has 0 aliphatic carbocycles. The maximum Gasteiger partial charge on any atom is 0.318 e. The van der Waals surface area contributed by atoms with Crippen molar-refractivity contribution in [3.05, 3.63) is 24.3 Å². The van der Waals surface area contributed by atoms with Gasteiger partial charge in [0.2, 0.25) is 11.8 Å². The lowest BCUT2D eigenvalue weighted by Crippen LogP contribution is -2.45. The fraction of sp³-hybridized carbons (Fsp3) is 0.609. The van der Waals surface area contributed by atoms with Gasteiger partial charge in [-0.05, 0) is 63.4 Å². The van der Waals surface area contributed by atoms with Crippen molar-refractivity contribution in [1.29, 1.82) is 0 Å². The molecule has 1 N–H and O–H groups in total. The Labute approximate surface area is 183 Å². The number of carbonyl (C=O) groups is 1. The topological polar surface area (TPSA) is 83.7 Å². The number of benzene rings is 1. The van der Waals surface area contributed by atoms with E-state index < -0.39 is 0 Å². The second kappa shape index (κ2) is 10.1. The third-order valence-corrected chi connectivity index (χ3v) is 6.53. The molecule has 2 aliphatic heterocycles. The number of hydrogen-bond acceptors (Lipinski definition) is 7. The number of amides is 1. The van der Waals surface area contributed by atoms with E-state index >= 15 is 0 Å². The standard InChI is InChI=1S/C23H33N5O3/c1-17-5-3-4-13-27(17)16-12-24-21(29)18-10-14-28(15-11-18)23-26-25-22(31-23)19-6-8-20(30-2)9-7-19/h6-9,17-18H,3-5,10-16H2,1-2H3,(H,24,29)/t17-/m1/s1. The van der Waals surface area contributed by atoms with E-state index in [4.69, 9.17) is 9.15 Å². The van der Waals surface area contributed by atoms with E-state index in [1.807, 2.05) is 24.3 Å². The quantitative estimate of drug-likeness (QED) is 0.727. The van der Waals surface area contributed by atoms with E-state index in [0.29, 0.717) is 17.9 Å². The Morgan fingerprint density at radius 2 is 1.90 bits per heavy atom. The summed E-state index contributed by atoms with van der Waals surface area (Å²) in [6.45, 7) is 6.60. The number of aromatic nitrogens is 2. The van der Waals surface area contributed by atoms with Crippen LogP contribution in [0, 0.1) is 5.92 Å². The Morgan fingerprint density at radius 1 is 1.13 bits per heavy atom. The Kier molecular flexibility index (Phi) is 7.06. The van der Waals surface area contributed by atoms with Crippen molar-refractivity contribution in [2.24, 2.45) is 5.92 Å². The first-order chi connectivity index (χ1) is 15.1. The molecular weight excluding hydrogens is 394 g/mol. The van der Waals surface area contributed by atoms with Gasteiger partial charge in [-0.25, -0.2) is 0 Å². The van der Waals surface area contributed by atoms with E-state index in [-0.39, 0.29) is 11.8 Å². The van der Waals surface area contributed by atoms with Crippen molar-refractivity contribution in [3.63, 3.8) is 0 Å². The molecule has 1 aromatic carbocycles. The molecule has 2 fully saturated rings. The van der Waals surface area contributed by atoms with E-state index in [9.17, 15) is 4.79 Å². The highest BCUT2D eigenvalue weighted by atomic mass is 16.5. The zero-order chi connectivity index (χ0) is 21.6. The number of hydrogen-bond donors (Lipinski definition) is 1. The van der Waals surface area contributed by atoms with Crippen LogP contribution in [-0.2, 0) is 4.79 Å². The monoisotopic (exact) mass is 427 g/mol. The summed E-state index contributed by atoms with van der Waals surface area (Å²) in [5, 5.41) is 11.5. The minimum Gasteiger partial charge on any atom is -0.497 e. The van der Waals surface area contributed by atoms with Crippen LogP contribution in [0.3, 0.4) is 0 Å². The van der Waals surface area contributed by atoms with Crippen molar-refractivity contribution in [2.75, 3.05) is 44.7 Å². The van der Waals surface area contributed by atoms with Crippen molar-refractivity contribution >= 4 is 11.9 Å². The minimum absolute atomic E-state index is 0.0546. The number of ether oxygens (including phenoxy) is 1. The Balaban J connectivity index is 1.23. The van der Waals surface area contributed by atoms with Gasteiger partial charge in [-0.3, -0.25) is 9.69 Å². The lowest BCUT2D eigenvalue weighted by atomic mass is 9.96. The average Bonchev–Trinajstić information content (AvgIpc) is 3.31. The molecule has 0 unspecified atom stereocenters. The number of rotatable bonds is 7. The molecule has 1 amide bonds. The number of methoxy groups -OCH3 is 1. The van der Waals surface area contributed by atoms with E-state index in [1.54, 1.807) is 7.11 Å². The fourth-order valence-electron chi connectivity index (χ4n) is 4.48. The zero-order valence-electron chi connectivity index (χ0n) is 18.5. The minimum atomic E-state index is 0.0546. The molecule has 2 saturated heterocycles. The Morgan fingerprint density at radius 3 is 2.61 bits per heavy atom. The summed E-state index contributed by atoms with van der Waals surface area (Å²) in [5.41, 5.74) is 0.858. The van der Waals surface area contributed by atoms with Crippen LogP contribution in [0.25, 0.3) is 11.5 Å². The highest BCUT2D eigenvalue weighted by Crippen LogP contribution is 2.27. The van der Waals surface area contributed by atoms with Gasteiger partial charge >= 0.3 is 6.01 Å². The summed E-state index contributed by atoms with van der Waals surface area (Å²) in [7, 11) is 1.64. The SMILES string of the molecule is COc1ccc(-c2nnc(N3CCC(C(=O)NCCN4CCCC[C@H]4C)CC3)o2)cc1. The summed E-state index contributed by atoms with van der Waals surface area (Å²) < 4.78 is 11.1. The Hall–Kier alpha value is -2.61. The van der Waals surface area contributed by atoms with Gasteiger partial charge in [0.1, 0.15) is 5.75 Å². The van der Waals surface area contributed by atoms with E-state index in [1.165, 1.54) is 19.3 Å². The van der Waals surface area contributed by atoms with Gasteiger partial charge in [0.15, 0.2) is 0 Å². The van der Waals surface area contributed by atoms with Gasteiger partial charge in [0.05, 0.1) is 7.11 Å². The van der Waals surface area contributed by atoms with Gasteiger partial charge < -0.3 is 19.4 Å². The van der Waals surface area contributed by atoms with Crippen LogP contribution >= 0.6 is 0 Å². The lowest BCUT2D eigenvalue weighted by Gasteiger charge is -2.33. The molecule has 1 atom stereocenters. The van der Waals surface area contributed by atoms with Gasteiger partial charge in [0.25, 0.3) is 0 Å². The Bertz CT molecular complexity index is 845. The zero-order valence-corrected chi connectivity index (χ0v) is 18.5. The van der Waals surface area contributed by atoms with Crippen LogP contribution in [-0.4, -0.2) is 66.9 Å². The maximum atomic E-state index is 12.6. The smallest absolute Gasteiger partial charge is 0.318 e. The molecule has 0 spiro atoms. The second-order valence-corrected chi connectivity index (χ2v) is 8.55. The molecule has 2 aliphatic rings. The number of nitrogens with zero attached hydrogens (tertiary/aromatic N) is 4. The van der Waals surface area contributed by atoms with Crippen LogP contribution in [0.1, 0.15) is 39.0 Å². The van der Waals surface area contributed by atoms with Crippen LogP contribution in [0.15, 0.2) is 28.7 Å². The van der Waals surface area contributed by atoms with Gasteiger partial charge in [-0.1, -0.05) is 11.5 Å². The van der Waals surface area contributed by atoms with Crippen molar-refractivity contribution in [3.8, 4) is 17.2 Å². The lowest BCUT2D eigenvalue weighted by molar-refractivity contribution is -0.125. The molecule has 2 aromatic rings. The molecule has 8 nitrogen and oxygen atoms in total. The van der Waals surface area contributed by atoms with Gasteiger partial charge in [-0.2, -0.15) is 0 Å². The van der Waals surface area contributed by atoms with Crippen LogP contribution in [0.2, 0.25) is 0 Å². The maximum absolute atomic E-state index is 12.6. The van der Waals surface area contributed by atoms with E-state index in [0.717, 1.165) is 56.9 Å². The predicted molar refractivity (Wildman–Crippen MR) is 119 cm³/mol. The number of nitrogens with one attached hydrogen (secondary N) is 1. The van der Waals surface area contributed by atoms with Crippen LogP contribution in [0.4, 0.5) is 6.01 Å². The third-order valence-electron chi connectivity index (χ3n) is 6.53. The molecule has 0 bridgehead atoms. The molecule has 3 heterocycles. The molecule has 0 saturated carbocycles. The number of carbonyl (C=O) groups excluding carboxylic acids is 1. The number of piperidine rings is 2. The summed E-state index contributed by atoms with van der Waals surface area (Å²) in [6.07, 6.45) is 5.46. The summed E-state index contributed by atoms with van der Waals surface area (Å²) in [6, 6.07) is 8.69. The van der Waals surface area contributed by atoms with Crippen molar-refractivity contribution < 1.29 is 13.9 Å². The molecular formula is C23H33N5O3. The van der Waals surface area contributed by atoms with E-state index in [2.05, 4.69) is 32.2 Å². The largest absolute Gasteiger partial charge is 0.497 e. The van der Waals surface area contributed by atoms with Gasteiger partial charge in [-0.15, -0.1) is 5.10 Å². The number of likely N-dealkylation sites (tertiary alicyclic amines) is 1. The molecule has 31 heavy (non-hydrogen) atoms. The second-order valence-electron chi connectivity index (χ2n) is 8.55. The van der Waals surface area contributed by atoms with Crippen LogP contribution in [0.5, 0.6) is 5.75 Å². The first-order valence-corrected chi connectivity index (χ1v) is 11.4. The fourth-order valence-corrected chi connectivity index (χ4v) is 4.48.